The molecule has 0 aromatic heterocycles. The number of carbonyl (C=O) groups excluding carboxylic acids is 1. The summed E-state index contributed by atoms with van der Waals surface area (Å²) in [5.74, 6) is 0.372. The van der Waals surface area contributed by atoms with Crippen LogP contribution in [0, 0.1) is 6.92 Å². The van der Waals surface area contributed by atoms with Gasteiger partial charge in [0.05, 0.1) is 0 Å². The number of benzene rings is 2. The number of ketones is 1. The maximum atomic E-state index is 11.5. The standard InChI is InChI=1S/C17H18O2S/c1-12-7-9-14(10-8-12)20-17(11-13(2)18)15-5-3-4-6-16(15)19/h3-10,17,19H,11H2,1-2H3. The zero-order valence-electron chi connectivity index (χ0n) is 11.7. The van der Waals surface area contributed by atoms with Crippen molar-refractivity contribution >= 4 is 17.5 Å². The number of carbonyl (C=O) groups is 1. The number of phenolic OH excluding ortho intramolecular Hbond substituents is 1. The van der Waals surface area contributed by atoms with E-state index in [1.807, 2.05) is 31.2 Å². The first-order chi connectivity index (χ1) is 9.56. The quantitative estimate of drug-likeness (QED) is 0.821. The number of para-hydroxylation sites is 1. The van der Waals surface area contributed by atoms with Crippen molar-refractivity contribution < 1.29 is 9.90 Å². The zero-order chi connectivity index (χ0) is 14.5. The number of rotatable bonds is 5. The third kappa shape index (κ3) is 3.87. The molecule has 20 heavy (non-hydrogen) atoms. The molecule has 0 amide bonds. The molecule has 0 saturated carbocycles. The summed E-state index contributed by atoms with van der Waals surface area (Å²) in [4.78, 5) is 12.6. The summed E-state index contributed by atoms with van der Waals surface area (Å²) in [5, 5.41) is 9.93. The molecular formula is C17H18O2S. The summed E-state index contributed by atoms with van der Waals surface area (Å²) in [6, 6.07) is 15.4. The molecule has 0 bridgehead atoms. The molecule has 104 valence electrons. The van der Waals surface area contributed by atoms with Gasteiger partial charge in [0.15, 0.2) is 0 Å². The Morgan fingerprint density at radius 3 is 2.40 bits per heavy atom. The van der Waals surface area contributed by atoms with E-state index in [2.05, 4.69) is 12.1 Å². The highest BCUT2D eigenvalue weighted by atomic mass is 32.2. The Hall–Kier alpha value is -1.74. The van der Waals surface area contributed by atoms with Crippen molar-refractivity contribution in [2.45, 2.75) is 30.4 Å². The molecule has 2 rings (SSSR count). The minimum absolute atomic E-state index is 0.0589. The Kier molecular flexibility index (Phi) is 4.85. The lowest BCUT2D eigenvalue weighted by atomic mass is 10.1. The Balaban J connectivity index is 2.26. The predicted octanol–water partition coefficient (Wildman–Crippen LogP) is 4.51. The number of hydrogen-bond acceptors (Lipinski definition) is 3. The molecule has 0 fully saturated rings. The SMILES string of the molecule is CC(=O)CC(Sc1ccc(C)cc1)c1ccccc1O. The molecule has 0 aliphatic carbocycles. The van der Waals surface area contributed by atoms with Gasteiger partial charge in [-0.3, -0.25) is 4.79 Å². The fraction of sp³-hybridized carbons (Fsp3) is 0.235. The van der Waals surface area contributed by atoms with Crippen molar-refractivity contribution in [3.05, 3.63) is 59.7 Å². The number of phenols is 1. The van der Waals surface area contributed by atoms with Crippen LogP contribution >= 0.6 is 11.8 Å². The lowest BCUT2D eigenvalue weighted by Gasteiger charge is -2.17. The van der Waals surface area contributed by atoms with E-state index >= 15 is 0 Å². The van der Waals surface area contributed by atoms with Crippen LogP contribution in [0.1, 0.15) is 29.7 Å². The second-order valence-electron chi connectivity index (χ2n) is 4.88. The molecule has 2 aromatic rings. The molecule has 1 N–H and O–H groups in total. The first kappa shape index (κ1) is 14.7. The Morgan fingerprint density at radius 2 is 1.80 bits per heavy atom. The second-order valence-corrected chi connectivity index (χ2v) is 6.16. The van der Waals surface area contributed by atoms with Gasteiger partial charge in [0.1, 0.15) is 11.5 Å². The maximum absolute atomic E-state index is 11.5. The van der Waals surface area contributed by atoms with Crippen molar-refractivity contribution in [2.75, 3.05) is 0 Å². The fourth-order valence-corrected chi connectivity index (χ4v) is 3.28. The zero-order valence-corrected chi connectivity index (χ0v) is 12.5. The fourth-order valence-electron chi connectivity index (χ4n) is 2.02. The molecule has 3 heteroatoms. The first-order valence-electron chi connectivity index (χ1n) is 6.57. The molecule has 2 aromatic carbocycles. The molecule has 0 saturated heterocycles. The monoisotopic (exact) mass is 286 g/mol. The van der Waals surface area contributed by atoms with E-state index in [9.17, 15) is 9.90 Å². The van der Waals surface area contributed by atoms with Crippen molar-refractivity contribution in [1.29, 1.82) is 0 Å². The highest BCUT2D eigenvalue weighted by Gasteiger charge is 2.18. The summed E-state index contributed by atoms with van der Waals surface area (Å²) < 4.78 is 0. The van der Waals surface area contributed by atoms with Crippen LogP contribution in [0.3, 0.4) is 0 Å². The van der Waals surface area contributed by atoms with Crippen molar-refractivity contribution in [3.63, 3.8) is 0 Å². The van der Waals surface area contributed by atoms with E-state index in [-0.39, 0.29) is 16.8 Å². The van der Waals surface area contributed by atoms with Gasteiger partial charge in [-0.1, -0.05) is 35.9 Å². The Bertz CT molecular complexity index is 590. The molecule has 1 atom stereocenters. The molecule has 2 nitrogen and oxygen atoms in total. The Morgan fingerprint density at radius 1 is 1.15 bits per heavy atom. The maximum Gasteiger partial charge on any atom is 0.131 e. The number of aryl methyl sites for hydroxylation is 1. The predicted molar refractivity (Wildman–Crippen MR) is 83.2 cm³/mol. The summed E-state index contributed by atoms with van der Waals surface area (Å²) in [6.07, 6.45) is 0.413. The molecule has 0 heterocycles. The third-order valence-electron chi connectivity index (χ3n) is 3.06. The van der Waals surface area contributed by atoms with E-state index in [1.165, 1.54) is 5.56 Å². The van der Waals surface area contributed by atoms with Crippen LogP contribution in [0.15, 0.2) is 53.4 Å². The normalized spacial score (nSPS) is 12.1. The van der Waals surface area contributed by atoms with Crippen LogP contribution < -0.4 is 0 Å². The topological polar surface area (TPSA) is 37.3 Å². The summed E-state index contributed by atoms with van der Waals surface area (Å²) >= 11 is 1.61. The molecule has 1 unspecified atom stereocenters. The third-order valence-corrected chi connectivity index (χ3v) is 4.31. The summed E-state index contributed by atoms with van der Waals surface area (Å²) in [7, 11) is 0. The van der Waals surface area contributed by atoms with Gasteiger partial charge >= 0.3 is 0 Å². The highest BCUT2D eigenvalue weighted by molar-refractivity contribution is 7.99. The summed E-state index contributed by atoms with van der Waals surface area (Å²) in [5.41, 5.74) is 2.02. The van der Waals surface area contributed by atoms with Gasteiger partial charge < -0.3 is 5.11 Å². The minimum atomic E-state index is -0.0589. The Labute approximate surface area is 123 Å². The lowest BCUT2D eigenvalue weighted by molar-refractivity contribution is -0.117. The number of hydrogen-bond donors (Lipinski definition) is 1. The number of aromatic hydroxyl groups is 1. The average molecular weight is 286 g/mol. The lowest BCUT2D eigenvalue weighted by Crippen LogP contribution is -2.01. The van der Waals surface area contributed by atoms with Gasteiger partial charge in [-0.2, -0.15) is 0 Å². The van der Waals surface area contributed by atoms with E-state index in [1.54, 1.807) is 30.8 Å². The van der Waals surface area contributed by atoms with Gasteiger partial charge in [-0.05, 0) is 32.0 Å². The smallest absolute Gasteiger partial charge is 0.131 e. The van der Waals surface area contributed by atoms with Crippen LogP contribution in [0.5, 0.6) is 5.75 Å². The first-order valence-corrected chi connectivity index (χ1v) is 7.45. The van der Waals surface area contributed by atoms with Gasteiger partial charge in [-0.15, -0.1) is 11.8 Å². The van der Waals surface area contributed by atoms with Crippen LogP contribution in [0.2, 0.25) is 0 Å². The van der Waals surface area contributed by atoms with Gasteiger partial charge in [-0.25, -0.2) is 0 Å². The van der Waals surface area contributed by atoms with Crippen molar-refractivity contribution in [2.24, 2.45) is 0 Å². The average Bonchev–Trinajstić information content (AvgIpc) is 2.41. The van der Waals surface area contributed by atoms with Gasteiger partial charge in [0.2, 0.25) is 0 Å². The van der Waals surface area contributed by atoms with Gasteiger partial charge in [0.25, 0.3) is 0 Å². The highest BCUT2D eigenvalue weighted by Crippen LogP contribution is 2.41. The van der Waals surface area contributed by atoms with Crippen LogP contribution in [0.25, 0.3) is 0 Å². The molecule has 0 spiro atoms. The van der Waals surface area contributed by atoms with Crippen LogP contribution in [0.4, 0.5) is 0 Å². The van der Waals surface area contributed by atoms with E-state index in [0.29, 0.717) is 6.42 Å². The van der Waals surface area contributed by atoms with Gasteiger partial charge in [0, 0.05) is 22.1 Å². The molecule has 0 aliphatic heterocycles. The minimum Gasteiger partial charge on any atom is -0.508 e. The second kappa shape index (κ2) is 6.62. The number of thioether (sulfide) groups is 1. The molecule has 0 radical (unpaired) electrons. The molecule has 0 aliphatic rings. The summed E-state index contributed by atoms with van der Waals surface area (Å²) in [6.45, 7) is 3.63. The van der Waals surface area contributed by atoms with Crippen molar-refractivity contribution in [1.82, 2.24) is 0 Å². The van der Waals surface area contributed by atoms with Crippen LogP contribution in [-0.4, -0.2) is 10.9 Å². The van der Waals surface area contributed by atoms with E-state index in [4.69, 9.17) is 0 Å². The molecular weight excluding hydrogens is 268 g/mol. The largest absolute Gasteiger partial charge is 0.508 e. The van der Waals surface area contributed by atoms with E-state index < -0.39 is 0 Å². The van der Waals surface area contributed by atoms with E-state index in [0.717, 1.165) is 10.5 Å². The number of Topliss-reactive ketones (excluding diaryl/α,β-unsaturated/α-hetero) is 1. The van der Waals surface area contributed by atoms with Crippen molar-refractivity contribution in [3.8, 4) is 5.75 Å². The van der Waals surface area contributed by atoms with Crippen LogP contribution in [-0.2, 0) is 4.79 Å².